The maximum Gasteiger partial charge on any atom is 0.224 e. The average molecular weight is 291 g/mol. The summed E-state index contributed by atoms with van der Waals surface area (Å²) >= 11 is 0. The lowest BCUT2D eigenvalue weighted by atomic mass is 9.93. The Hall–Kier alpha value is -1.33. The van der Waals surface area contributed by atoms with Crippen molar-refractivity contribution in [3.63, 3.8) is 0 Å². The van der Waals surface area contributed by atoms with Gasteiger partial charge in [-0.2, -0.15) is 0 Å². The number of hydrogen-bond acceptors (Lipinski definition) is 3. The lowest BCUT2D eigenvalue weighted by Gasteiger charge is -2.27. The molecule has 0 radical (unpaired) electrons. The van der Waals surface area contributed by atoms with Crippen LogP contribution in [0.15, 0.2) is 6.07 Å². The van der Waals surface area contributed by atoms with E-state index in [1.807, 2.05) is 4.90 Å². The Bertz CT molecular complexity index is 518. The molecule has 116 valence electrons. The van der Waals surface area contributed by atoms with Crippen LogP contribution >= 0.6 is 0 Å². The van der Waals surface area contributed by atoms with E-state index in [4.69, 9.17) is 10.5 Å². The number of nitrogens with two attached hydrogens (primary N) is 1. The van der Waals surface area contributed by atoms with Gasteiger partial charge in [0.1, 0.15) is 0 Å². The highest BCUT2D eigenvalue weighted by Gasteiger charge is 2.23. The molecule has 0 spiro atoms. The van der Waals surface area contributed by atoms with Crippen molar-refractivity contribution in [3.05, 3.63) is 23.0 Å². The molecule has 1 atom stereocenters. The smallest absolute Gasteiger partial charge is 0.224 e. The van der Waals surface area contributed by atoms with E-state index in [0.29, 0.717) is 19.6 Å². The molecular formula is C16H25N3O2. The fourth-order valence-electron chi connectivity index (χ4n) is 3.49. The maximum absolute atomic E-state index is 12.3. The lowest BCUT2D eigenvalue weighted by molar-refractivity contribution is -0.135. The van der Waals surface area contributed by atoms with Gasteiger partial charge >= 0.3 is 0 Å². The van der Waals surface area contributed by atoms with Gasteiger partial charge in [-0.15, -0.1) is 0 Å². The van der Waals surface area contributed by atoms with E-state index < -0.39 is 0 Å². The predicted octanol–water partition coefficient (Wildman–Crippen LogP) is 1.38. The first-order valence-electron chi connectivity index (χ1n) is 7.97. The largest absolute Gasteiger partial charge is 0.378 e. The predicted molar refractivity (Wildman–Crippen MR) is 81.1 cm³/mol. The molecule has 0 saturated carbocycles. The van der Waals surface area contributed by atoms with Crippen LogP contribution < -0.4 is 5.73 Å². The second-order valence-electron chi connectivity index (χ2n) is 6.08. The minimum atomic E-state index is 0.170. The van der Waals surface area contributed by atoms with Crippen LogP contribution in [0.3, 0.4) is 0 Å². The van der Waals surface area contributed by atoms with Crippen LogP contribution in [0.2, 0.25) is 0 Å². The van der Waals surface area contributed by atoms with Crippen molar-refractivity contribution < 1.29 is 9.53 Å². The molecule has 1 aliphatic heterocycles. The fraction of sp³-hybridized carbons (Fsp3) is 0.688. The van der Waals surface area contributed by atoms with Gasteiger partial charge in [0.2, 0.25) is 5.91 Å². The maximum atomic E-state index is 12.3. The Morgan fingerprint density at radius 3 is 2.95 bits per heavy atom. The van der Waals surface area contributed by atoms with E-state index in [9.17, 15) is 4.79 Å². The number of amides is 1. The molecule has 5 nitrogen and oxygen atoms in total. The molecule has 1 unspecified atom stereocenters. The second kappa shape index (κ2) is 6.20. The van der Waals surface area contributed by atoms with E-state index in [0.717, 1.165) is 38.9 Å². The van der Waals surface area contributed by atoms with Gasteiger partial charge in [0.15, 0.2) is 0 Å². The molecule has 0 bridgehead atoms. The molecule has 5 heteroatoms. The summed E-state index contributed by atoms with van der Waals surface area (Å²) in [6, 6.07) is 2.38. The molecule has 1 aliphatic carbocycles. The summed E-state index contributed by atoms with van der Waals surface area (Å²) < 4.78 is 7.59. The number of rotatable bonds is 3. The highest BCUT2D eigenvalue weighted by molar-refractivity contribution is 5.76. The van der Waals surface area contributed by atoms with Gasteiger partial charge in [-0.1, -0.05) is 0 Å². The number of aryl methyl sites for hydroxylation is 1. The summed E-state index contributed by atoms with van der Waals surface area (Å²) in [5, 5.41) is 0. The Kier molecular flexibility index (Phi) is 4.31. The molecule has 1 aromatic rings. The molecule has 21 heavy (non-hydrogen) atoms. The summed E-state index contributed by atoms with van der Waals surface area (Å²) in [6.45, 7) is 5.67. The van der Waals surface area contributed by atoms with E-state index in [1.54, 1.807) is 0 Å². The van der Waals surface area contributed by atoms with Gasteiger partial charge in [-0.05, 0) is 37.8 Å². The molecule has 3 rings (SSSR count). The van der Waals surface area contributed by atoms with Crippen molar-refractivity contribution in [1.29, 1.82) is 0 Å². The van der Waals surface area contributed by atoms with Crippen molar-refractivity contribution in [2.75, 3.05) is 26.3 Å². The zero-order valence-corrected chi connectivity index (χ0v) is 12.8. The third-order valence-electron chi connectivity index (χ3n) is 4.69. The van der Waals surface area contributed by atoms with E-state index in [1.165, 1.54) is 17.0 Å². The number of fused-ring (bicyclic) bond motifs is 1. The molecule has 1 fully saturated rings. The molecule has 1 amide bonds. The molecule has 2 aliphatic rings. The molecule has 2 heterocycles. The summed E-state index contributed by atoms with van der Waals surface area (Å²) in [7, 11) is 0. The first-order chi connectivity index (χ1) is 10.2. The van der Waals surface area contributed by atoms with Gasteiger partial charge < -0.3 is 19.9 Å². The number of carbonyl (C=O) groups is 1. The number of hydrogen-bond donors (Lipinski definition) is 1. The Morgan fingerprint density at radius 2 is 2.19 bits per heavy atom. The second-order valence-corrected chi connectivity index (χ2v) is 6.08. The van der Waals surface area contributed by atoms with Gasteiger partial charge in [-0.25, -0.2) is 0 Å². The van der Waals surface area contributed by atoms with Gasteiger partial charge in [0, 0.05) is 43.5 Å². The van der Waals surface area contributed by atoms with Crippen LogP contribution in [-0.2, 0) is 22.5 Å². The monoisotopic (exact) mass is 291 g/mol. The van der Waals surface area contributed by atoms with Crippen LogP contribution in [0.5, 0.6) is 0 Å². The molecule has 2 N–H and O–H groups in total. The number of morpholine rings is 1. The minimum absolute atomic E-state index is 0.170. The Morgan fingerprint density at radius 1 is 1.43 bits per heavy atom. The van der Waals surface area contributed by atoms with Crippen LogP contribution in [0.25, 0.3) is 0 Å². The number of nitrogens with zero attached hydrogens (tertiary/aromatic N) is 2. The van der Waals surface area contributed by atoms with E-state index in [2.05, 4.69) is 17.6 Å². The van der Waals surface area contributed by atoms with E-state index >= 15 is 0 Å². The Labute approximate surface area is 126 Å². The molecule has 1 saturated heterocycles. The van der Waals surface area contributed by atoms with Crippen molar-refractivity contribution >= 4 is 5.91 Å². The number of ether oxygens (including phenoxy) is 1. The summed E-state index contributed by atoms with van der Waals surface area (Å²) in [5.74, 6) is 0.236. The van der Waals surface area contributed by atoms with Crippen LogP contribution in [0.4, 0.5) is 0 Å². The topological polar surface area (TPSA) is 60.5 Å². The fourth-order valence-corrected chi connectivity index (χ4v) is 3.49. The van der Waals surface area contributed by atoms with Crippen LogP contribution in [0.1, 0.15) is 42.3 Å². The highest BCUT2D eigenvalue weighted by atomic mass is 16.5. The normalized spacial score (nSPS) is 22.2. The van der Waals surface area contributed by atoms with Crippen LogP contribution in [-0.4, -0.2) is 41.7 Å². The molecule has 0 aromatic carbocycles. The Balaban J connectivity index is 1.66. The first-order valence-corrected chi connectivity index (χ1v) is 7.97. The summed E-state index contributed by atoms with van der Waals surface area (Å²) in [4.78, 5) is 14.2. The minimum Gasteiger partial charge on any atom is -0.378 e. The third-order valence-corrected chi connectivity index (χ3v) is 4.69. The van der Waals surface area contributed by atoms with Crippen LogP contribution in [0, 0.1) is 6.92 Å². The van der Waals surface area contributed by atoms with Crippen molar-refractivity contribution in [1.82, 2.24) is 9.47 Å². The molecular weight excluding hydrogens is 266 g/mol. The highest BCUT2D eigenvalue weighted by Crippen LogP contribution is 2.30. The van der Waals surface area contributed by atoms with Crippen molar-refractivity contribution in [2.24, 2.45) is 5.73 Å². The average Bonchev–Trinajstić information content (AvgIpc) is 2.83. The van der Waals surface area contributed by atoms with Gasteiger partial charge in [-0.3, -0.25) is 4.79 Å². The zero-order valence-electron chi connectivity index (χ0n) is 12.8. The van der Waals surface area contributed by atoms with Gasteiger partial charge in [0.05, 0.1) is 13.2 Å². The third kappa shape index (κ3) is 2.99. The quantitative estimate of drug-likeness (QED) is 0.915. The zero-order chi connectivity index (χ0) is 14.8. The van der Waals surface area contributed by atoms with Crippen molar-refractivity contribution in [3.8, 4) is 0 Å². The summed E-state index contributed by atoms with van der Waals surface area (Å²) in [5.41, 5.74) is 10.1. The van der Waals surface area contributed by atoms with Crippen molar-refractivity contribution in [2.45, 2.75) is 45.2 Å². The number of aromatic nitrogens is 1. The SMILES string of the molecule is Cc1cc2c(n1CCC(=O)N1CCOCC1)CCCC2N. The summed E-state index contributed by atoms with van der Waals surface area (Å²) in [6.07, 6.45) is 3.87. The first kappa shape index (κ1) is 14.6. The molecule has 1 aromatic heterocycles. The standard InChI is InChI=1S/C16H25N3O2/c1-12-11-13-14(17)3-2-4-15(13)19(12)6-5-16(20)18-7-9-21-10-8-18/h11,14H,2-10,17H2,1H3. The number of carbonyl (C=O) groups excluding carboxylic acids is 1. The van der Waals surface area contributed by atoms with Gasteiger partial charge in [0.25, 0.3) is 0 Å². The lowest BCUT2D eigenvalue weighted by Crippen LogP contribution is -2.41. The van der Waals surface area contributed by atoms with E-state index in [-0.39, 0.29) is 11.9 Å².